The highest BCUT2D eigenvalue weighted by Gasteiger charge is 2.32. The minimum absolute atomic E-state index is 0.188. The van der Waals surface area contributed by atoms with Crippen molar-refractivity contribution in [2.24, 2.45) is 0 Å². The van der Waals surface area contributed by atoms with Crippen molar-refractivity contribution in [2.45, 2.75) is 0 Å². The third-order valence-electron chi connectivity index (χ3n) is 5.65. The second kappa shape index (κ2) is 7.96. The number of anilines is 3. The molecular weight excluding hydrogens is 446 g/mol. The summed E-state index contributed by atoms with van der Waals surface area (Å²) in [6, 6.07) is 31.9. The van der Waals surface area contributed by atoms with Crippen LogP contribution in [0.25, 0.3) is 15.5 Å². The van der Waals surface area contributed by atoms with E-state index in [0.717, 1.165) is 30.7 Å². The van der Waals surface area contributed by atoms with E-state index in [0.29, 0.717) is 11.1 Å². The summed E-state index contributed by atoms with van der Waals surface area (Å²) in [5.74, 6) is -0.375. The molecule has 158 valence electrons. The topological polar surface area (TPSA) is 37.4 Å². The molecule has 2 aromatic heterocycles. The van der Waals surface area contributed by atoms with Gasteiger partial charge in [0.2, 0.25) is 0 Å². The molecule has 5 aromatic rings. The van der Waals surface area contributed by atoms with Crippen LogP contribution in [0.3, 0.4) is 0 Å². The Morgan fingerprint density at radius 3 is 1.67 bits per heavy atom. The van der Waals surface area contributed by atoms with Crippen LogP contribution in [-0.2, 0) is 0 Å². The maximum absolute atomic E-state index is 12.7. The third kappa shape index (κ3) is 3.42. The number of Topliss-reactive ketones (excluding diaryl/α,β-unsaturated/α-hetero) is 2. The van der Waals surface area contributed by atoms with E-state index >= 15 is 0 Å². The van der Waals surface area contributed by atoms with E-state index in [-0.39, 0.29) is 17.1 Å². The lowest BCUT2D eigenvalue weighted by atomic mass is 10.1. The van der Waals surface area contributed by atoms with Crippen LogP contribution in [0, 0.1) is 0 Å². The summed E-state index contributed by atoms with van der Waals surface area (Å²) >= 11 is 3.30. The molecule has 0 saturated heterocycles. The molecule has 1 aliphatic rings. The zero-order valence-electron chi connectivity index (χ0n) is 17.4. The highest BCUT2D eigenvalue weighted by atomic mass is 32.1. The first kappa shape index (κ1) is 19.9. The molecule has 3 nitrogen and oxygen atoms in total. The van der Waals surface area contributed by atoms with Gasteiger partial charge >= 0.3 is 0 Å². The van der Waals surface area contributed by atoms with Crippen molar-refractivity contribution in [1.82, 2.24) is 0 Å². The number of hydrogen-bond donors (Lipinski definition) is 0. The predicted molar refractivity (Wildman–Crippen MR) is 137 cm³/mol. The van der Waals surface area contributed by atoms with Crippen molar-refractivity contribution in [3.63, 3.8) is 0 Å². The van der Waals surface area contributed by atoms with E-state index in [9.17, 15) is 9.59 Å². The summed E-state index contributed by atoms with van der Waals surface area (Å²) in [5.41, 5.74) is 3.44. The summed E-state index contributed by atoms with van der Waals surface area (Å²) in [4.78, 5) is 28.6. The van der Waals surface area contributed by atoms with Gasteiger partial charge < -0.3 is 4.90 Å². The van der Waals surface area contributed by atoms with Gasteiger partial charge in [-0.15, -0.1) is 22.7 Å². The van der Waals surface area contributed by atoms with E-state index in [1.165, 1.54) is 0 Å². The number of rotatable bonds is 4. The average Bonchev–Trinajstić information content (AvgIpc) is 3.48. The summed E-state index contributed by atoms with van der Waals surface area (Å²) in [5, 5.41) is 1.12. The van der Waals surface area contributed by atoms with Gasteiger partial charge in [-0.05, 0) is 42.5 Å². The number of fused-ring (bicyclic) bond motifs is 2. The summed E-state index contributed by atoms with van der Waals surface area (Å²) in [6.07, 6.45) is 1.74. The Hall–Kier alpha value is -3.80. The molecule has 6 rings (SSSR count). The zero-order chi connectivity index (χ0) is 22.4. The molecule has 1 aliphatic carbocycles. The molecule has 0 atom stereocenters. The Labute approximate surface area is 198 Å². The second-order valence-corrected chi connectivity index (χ2v) is 9.91. The fourth-order valence-electron chi connectivity index (χ4n) is 4.13. The summed E-state index contributed by atoms with van der Waals surface area (Å²) in [7, 11) is 0. The molecule has 0 fully saturated rings. The molecule has 0 N–H and O–H groups in total. The van der Waals surface area contributed by atoms with Crippen LogP contribution in [-0.4, -0.2) is 11.6 Å². The first-order valence-corrected chi connectivity index (χ1v) is 12.2. The Balaban J connectivity index is 1.38. The Morgan fingerprint density at radius 1 is 0.606 bits per heavy atom. The number of carbonyl (C=O) groups excluding carboxylic acids is 2. The molecule has 2 heterocycles. The van der Waals surface area contributed by atoms with Crippen molar-refractivity contribution < 1.29 is 9.59 Å². The number of allylic oxidation sites excluding steroid dienone is 1. The van der Waals surface area contributed by atoms with Crippen LogP contribution < -0.4 is 4.90 Å². The molecule has 5 heteroatoms. The maximum atomic E-state index is 12.7. The number of ketones is 2. The minimum atomic E-state index is -0.188. The Kier molecular flexibility index (Phi) is 4.79. The van der Waals surface area contributed by atoms with Crippen molar-refractivity contribution in [3.05, 3.63) is 119 Å². The Morgan fingerprint density at radius 2 is 1.12 bits per heavy atom. The lowest BCUT2D eigenvalue weighted by molar-refractivity contribution is 0.0990. The van der Waals surface area contributed by atoms with Gasteiger partial charge in [0.1, 0.15) is 5.00 Å². The second-order valence-electron chi connectivity index (χ2n) is 7.73. The maximum Gasteiger partial charge on any atom is 0.197 e. The fraction of sp³-hybridized carbons (Fsp3) is 0. The van der Waals surface area contributed by atoms with Crippen LogP contribution in [0.4, 0.5) is 16.4 Å². The SMILES string of the molecule is O=C1C(=Cc2cc3sc(N(c4ccccc4)c4ccccc4)cc3s2)C(=O)c2ccccc21. The molecule has 33 heavy (non-hydrogen) atoms. The molecule has 0 aliphatic heterocycles. The smallest absolute Gasteiger partial charge is 0.197 e. The summed E-state index contributed by atoms with van der Waals surface area (Å²) < 4.78 is 2.27. The molecule has 3 aromatic carbocycles. The number of thiophene rings is 2. The highest BCUT2D eigenvalue weighted by molar-refractivity contribution is 7.30. The van der Waals surface area contributed by atoms with Crippen molar-refractivity contribution in [1.29, 1.82) is 0 Å². The van der Waals surface area contributed by atoms with E-state index in [1.54, 1.807) is 53.0 Å². The monoisotopic (exact) mass is 463 g/mol. The largest absolute Gasteiger partial charge is 0.302 e. The van der Waals surface area contributed by atoms with Crippen LogP contribution >= 0.6 is 22.7 Å². The predicted octanol–water partition coefficient (Wildman–Crippen LogP) is 7.90. The molecule has 0 saturated carbocycles. The van der Waals surface area contributed by atoms with Gasteiger partial charge in [-0.3, -0.25) is 9.59 Å². The number of para-hydroxylation sites is 2. The van der Waals surface area contributed by atoms with E-state index < -0.39 is 0 Å². The minimum Gasteiger partial charge on any atom is -0.302 e. The molecule has 0 spiro atoms. The first-order chi connectivity index (χ1) is 16.2. The van der Waals surface area contributed by atoms with Crippen LogP contribution in [0.1, 0.15) is 25.6 Å². The fourth-order valence-corrected chi connectivity index (χ4v) is 6.51. The molecular formula is C28H17NO2S2. The lowest BCUT2D eigenvalue weighted by Gasteiger charge is -2.23. The van der Waals surface area contributed by atoms with Crippen LogP contribution in [0.2, 0.25) is 0 Å². The van der Waals surface area contributed by atoms with Gasteiger partial charge in [-0.2, -0.15) is 0 Å². The lowest BCUT2D eigenvalue weighted by Crippen LogP contribution is -2.07. The van der Waals surface area contributed by atoms with Crippen LogP contribution in [0.5, 0.6) is 0 Å². The van der Waals surface area contributed by atoms with E-state index in [2.05, 4.69) is 41.3 Å². The summed E-state index contributed by atoms with van der Waals surface area (Å²) in [6.45, 7) is 0. The normalized spacial score (nSPS) is 12.9. The number of hydrogen-bond acceptors (Lipinski definition) is 5. The van der Waals surface area contributed by atoms with Crippen molar-refractivity contribution in [2.75, 3.05) is 4.90 Å². The first-order valence-electron chi connectivity index (χ1n) is 10.5. The van der Waals surface area contributed by atoms with Gasteiger partial charge in [-0.1, -0.05) is 60.7 Å². The number of nitrogens with zero attached hydrogens (tertiary/aromatic N) is 1. The quantitative estimate of drug-likeness (QED) is 0.201. The molecule has 0 radical (unpaired) electrons. The van der Waals surface area contributed by atoms with Gasteiger partial charge in [-0.25, -0.2) is 0 Å². The van der Waals surface area contributed by atoms with Crippen molar-refractivity contribution >= 4 is 66.1 Å². The van der Waals surface area contributed by atoms with E-state index in [1.807, 2.05) is 36.4 Å². The Bertz CT molecular complexity index is 1440. The van der Waals surface area contributed by atoms with Gasteiger partial charge in [0.25, 0.3) is 0 Å². The standard InChI is InChI=1S/C28H17NO2S2/c30-27-21-13-7-8-14-22(21)28(31)23(27)15-20-16-24-25(32-20)17-26(33-24)29(18-9-3-1-4-10-18)19-11-5-2-6-12-19/h1-17H. The van der Waals surface area contributed by atoms with Gasteiger partial charge in [0, 0.05) is 36.8 Å². The third-order valence-corrected chi connectivity index (χ3v) is 7.88. The average molecular weight is 464 g/mol. The van der Waals surface area contributed by atoms with Gasteiger partial charge in [0.05, 0.1) is 5.57 Å². The highest BCUT2D eigenvalue weighted by Crippen LogP contribution is 2.44. The zero-order valence-corrected chi connectivity index (χ0v) is 19.0. The molecule has 0 bridgehead atoms. The molecule has 0 unspecified atom stereocenters. The van der Waals surface area contributed by atoms with Gasteiger partial charge in [0.15, 0.2) is 11.6 Å². The van der Waals surface area contributed by atoms with E-state index in [4.69, 9.17) is 0 Å². The van der Waals surface area contributed by atoms with Crippen LogP contribution in [0.15, 0.2) is 103 Å². The number of benzene rings is 3. The number of carbonyl (C=O) groups is 2. The molecule has 0 amide bonds. The van der Waals surface area contributed by atoms with Crippen molar-refractivity contribution in [3.8, 4) is 0 Å².